The van der Waals surface area contributed by atoms with Crippen molar-refractivity contribution in [1.82, 2.24) is 9.80 Å². The number of ether oxygens (including phenoxy) is 1. The standard InChI is InChI=1S/C11H24N2O2/c1-9(11(14)15-6)10(2)13(5)8-7-12(3)4/h9-10H,7-8H2,1-6H3. The number of rotatable bonds is 6. The second kappa shape index (κ2) is 6.80. The van der Waals surface area contributed by atoms with Crippen LogP contribution in [0.2, 0.25) is 0 Å². The van der Waals surface area contributed by atoms with Crippen molar-refractivity contribution in [3.8, 4) is 0 Å². The second-order valence-corrected chi connectivity index (χ2v) is 4.34. The highest BCUT2D eigenvalue weighted by Gasteiger charge is 2.23. The number of carbonyl (C=O) groups is 1. The third-order valence-electron chi connectivity index (χ3n) is 2.89. The molecule has 0 heterocycles. The van der Waals surface area contributed by atoms with Crippen LogP contribution in [0.3, 0.4) is 0 Å². The normalized spacial score (nSPS) is 15.5. The predicted molar refractivity (Wildman–Crippen MR) is 61.8 cm³/mol. The van der Waals surface area contributed by atoms with Crippen molar-refractivity contribution >= 4 is 5.97 Å². The van der Waals surface area contributed by atoms with Crippen LogP contribution < -0.4 is 0 Å². The highest BCUT2D eigenvalue weighted by atomic mass is 16.5. The molecule has 4 heteroatoms. The van der Waals surface area contributed by atoms with Gasteiger partial charge < -0.3 is 14.5 Å². The number of methoxy groups -OCH3 is 1. The first-order valence-electron chi connectivity index (χ1n) is 5.33. The summed E-state index contributed by atoms with van der Waals surface area (Å²) >= 11 is 0. The summed E-state index contributed by atoms with van der Waals surface area (Å²) in [7, 11) is 7.56. The van der Waals surface area contributed by atoms with E-state index in [4.69, 9.17) is 4.74 Å². The van der Waals surface area contributed by atoms with Crippen molar-refractivity contribution in [2.24, 2.45) is 5.92 Å². The summed E-state index contributed by atoms with van der Waals surface area (Å²) in [6.07, 6.45) is 0. The van der Waals surface area contributed by atoms with Gasteiger partial charge in [-0.05, 0) is 28.1 Å². The fourth-order valence-corrected chi connectivity index (χ4v) is 1.33. The molecule has 0 spiro atoms. The first kappa shape index (κ1) is 14.4. The molecule has 0 saturated carbocycles. The molecule has 0 fully saturated rings. The monoisotopic (exact) mass is 216 g/mol. The van der Waals surface area contributed by atoms with Crippen molar-refractivity contribution in [1.29, 1.82) is 0 Å². The maximum atomic E-state index is 11.3. The molecule has 0 N–H and O–H groups in total. The van der Waals surface area contributed by atoms with Crippen molar-refractivity contribution in [3.63, 3.8) is 0 Å². The molecule has 0 amide bonds. The van der Waals surface area contributed by atoms with Gasteiger partial charge in [0.2, 0.25) is 0 Å². The van der Waals surface area contributed by atoms with Gasteiger partial charge in [0.15, 0.2) is 0 Å². The number of nitrogens with zero attached hydrogens (tertiary/aromatic N) is 2. The molecular formula is C11H24N2O2. The Morgan fingerprint density at radius 2 is 1.73 bits per heavy atom. The van der Waals surface area contributed by atoms with Crippen molar-refractivity contribution < 1.29 is 9.53 Å². The van der Waals surface area contributed by atoms with Crippen molar-refractivity contribution in [2.75, 3.05) is 41.3 Å². The SMILES string of the molecule is COC(=O)C(C)C(C)N(C)CCN(C)C. The lowest BCUT2D eigenvalue weighted by atomic mass is 10.0. The van der Waals surface area contributed by atoms with Crippen molar-refractivity contribution in [2.45, 2.75) is 19.9 Å². The van der Waals surface area contributed by atoms with Crippen LogP contribution in [0, 0.1) is 5.92 Å². The zero-order valence-electron chi connectivity index (χ0n) is 10.8. The van der Waals surface area contributed by atoms with E-state index in [9.17, 15) is 4.79 Å². The van der Waals surface area contributed by atoms with Crippen LogP contribution >= 0.6 is 0 Å². The van der Waals surface area contributed by atoms with E-state index in [1.807, 2.05) is 28.1 Å². The topological polar surface area (TPSA) is 32.8 Å². The highest BCUT2D eigenvalue weighted by molar-refractivity contribution is 5.72. The van der Waals surface area contributed by atoms with Gasteiger partial charge in [-0.2, -0.15) is 0 Å². The molecule has 0 radical (unpaired) electrons. The van der Waals surface area contributed by atoms with E-state index in [1.165, 1.54) is 7.11 Å². The Morgan fingerprint density at radius 3 is 2.13 bits per heavy atom. The van der Waals surface area contributed by atoms with Gasteiger partial charge >= 0.3 is 5.97 Å². The number of esters is 1. The van der Waals surface area contributed by atoms with Gasteiger partial charge in [0.25, 0.3) is 0 Å². The van der Waals surface area contributed by atoms with E-state index in [-0.39, 0.29) is 17.9 Å². The minimum atomic E-state index is -0.140. The van der Waals surface area contributed by atoms with Gasteiger partial charge in [0.05, 0.1) is 13.0 Å². The maximum absolute atomic E-state index is 11.3. The zero-order chi connectivity index (χ0) is 12.0. The minimum absolute atomic E-state index is 0.0813. The van der Waals surface area contributed by atoms with Crippen LogP contribution in [0.1, 0.15) is 13.8 Å². The Hall–Kier alpha value is -0.610. The smallest absolute Gasteiger partial charge is 0.309 e. The van der Waals surface area contributed by atoms with Gasteiger partial charge in [-0.15, -0.1) is 0 Å². The van der Waals surface area contributed by atoms with Gasteiger partial charge in [0.1, 0.15) is 0 Å². The summed E-state index contributed by atoms with van der Waals surface area (Å²) in [4.78, 5) is 15.6. The fraction of sp³-hybridized carbons (Fsp3) is 0.909. The Labute approximate surface area is 93.2 Å². The lowest BCUT2D eigenvalue weighted by molar-refractivity contribution is -0.146. The largest absolute Gasteiger partial charge is 0.469 e. The molecule has 0 aliphatic heterocycles. The van der Waals surface area contributed by atoms with Crippen LogP contribution in [0.5, 0.6) is 0 Å². The van der Waals surface area contributed by atoms with Crippen LogP contribution in [0.15, 0.2) is 0 Å². The molecular weight excluding hydrogens is 192 g/mol. The second-order valence-electron chi connectivity index (χ2n) is 4.34. The Kier molecular flexibility index (Phi) is 6.52. The molecule has 0 aliphatic carbocycles. The van der Waals surface area contributed by atoms with E-state index >= 15 is 0 Å². The molecule has 90 valence electrons. The fourth-order valence-electron chi connectivity index (χ4n) is 1.33. The summed E-state index contributed by atoms with van der Waals surface area (Å²) in [5.41, 5.74) is 0. The molecule has 0 aromatic rings. The van der Waals surface area contributed by atoms with Gasteiger partial charge in [0, 0.05) is 19.1 Å². The van der Waals surface area contributed by atoms with Crippen molar-refractivity contribution in [3.05, 3.63) is 0 Å². The average molecular weight is 216 g/mol. The molecule has 4 nitrogen and oxygen atoms in total. The summed E-state index contributed by atoms with van der Waals surface area (Å²) in [6, 6.07) is 0.206. The summed E-state index contributed by atoms with van der Waals surface area (Å²) < 4.78 is 4.73. The van der Waals surface area contributed by atoms with Gasteiger partial charge in [-0.25, -0.2) is 0 Å². The summed E-state index contributed by atoms with van der Waals surface area (Å²) in [6.45, 7) is 5.91. The number of carbonyl (C=O) groups excluding carboxylic acids is 1. The third kappa shape index (κ3) is 5.14. The summed E-state index contributed by atoms with van der Waals surface area (Å²) in [5, 5.41) is 0. The molecule has 0 bridgehead atoms. The molecule has 0 saturated heterocycles. The zero-order valence-corrected chi connectivity index (χ0v) is 10.8. The molecule has 0 aromatic carbocycles. The number of likely N-dealkylation sites (N-methyl/N-ethyl adjacent to an activating group) is 2. The molecule has 0 aliphatic rings. The van der Waals surface area contributed by atoms with E-state index < -0.39 is 0 Å². The van der Waals surface area contributed by atoms with Crippen LogP contribution in [0.4, 0.5) is 0 Å². The third-order valence-corrected chi connectivity index (χ3v) is 2.89. The maximum Gasteiger partial charge on any atom is 0.309 e. The first-order valence-corrected chi connectivity index (χ1v) is 5.33. The first-order chi connectivity index (χ1) is 6.90. The van der Waals surface area contributed by atoms with Crippen LogP contribution in [0.25, 0.3) is 0 Å². The number of hydrogen-bond acceptors (Lipinski definition) is 4. The lowest BCUT2D eigenvalue weighted by Crippen LogP contribution is -2.41. The Morgan fingerprint density at radius 1 is 1.20 bits per heavy atom. The number of hydrogen-bond donors (Lipinski definition) is 0. The highest BCUT2D eigenvalue weighted by Crippen LogP contribution is 2.10. The Balaban J connectivity index is 4.06. The Bertz CT molecular complexity index is 195. The molecule has 2 unspecified atom stereocenters. The van der Waals surface area contributed by atoms with Crippen LogP contribution in [-0.2, 0) is 9.53 Å². The van der Waals surface area contributed by atoms with E-state index in [2.05, 4.69) is 16.7 Å². The van der Waals surface area contributed by atoms with E-state index in [0.29, 0.717) is 0 Å². The van der Waals surface area contributed by atoms with Gasteiger partial charge in [-0.1, -0.05) is 6.92 Å². The van der Waals surface area contributed by atoms with E-state index in [1.54, 1.807) is 0 Å². The van der Waals surface area contributed by atoms with Crippen LogP contribution in [-0.4, -0.2) is 63.2 Å². The quantitative estimate of drug-likeness (QED) is 0.611. The molecule has 0 aromatic heterocycles. The molecule has 0 rings (SSSR count). The molecule has 2 atom stereocenters. The van der Waals surface area contributed by atoms with Gasteiger partial charge in [-0.3, -0.25) is 4.79 Å². The minimum Gasteiger partial charge on any atom is -0.469 e. The summed E-state index contributed by atoms with van der Waals surface area (Å²) in [5.74, 6) is -0.221. The van der Waals surface area contributed by atoms with E-state index in [0.717, 1.165) is 13.1 Å². The average Bonchev–Trinajstić information content (AvgIpc) is 2.22. The lowest BCUT2D eigenvalue weighted by Gasteiger charge is -2.29. The molecule has 15 heavy (non-hydrogen) atoms. The predicted octanol–water partition coefficient (Wildman–Crippen LogP) is 0.677.